The standard InChI is InChI=1S/C11H17N3/c1-14(2)11-6-5-9(8-13-11)10-4-3-7-12-10/h5-6,8,10,12H,3-4,7H2,1-2H3/t10-/m0/s1. The molecule has 0 radical (unpaired) electrons. The van der Waals surface area contributed by atoms with Crippen LogP contribution in [0.25, 0.3) is 0 Å². The van der Waals surface area contributed by atoms with Crippen molar-refractivity contribution < 1.29 is 0 Å². The predicted octanol–water partition coefficient (Wildman–Crippen LogP) is 1.57. The van der Waals surface area contributed by atoms with Gasteiger partial charge in [-0.05, 0) is 31.0 Å². The van der Waals surface area contributed by atoms with Gasteiger partial charge in [0.15, 0.2) is 0 Å². The van der Waals surface area contributed by atoms with Gasteiger partial charge in [-0.15, -0.1) is 0 Å². The second-order valence-corrected chi connectivity index (χ2v) is 3.99. The summed E-state index contributed by atoms with van der Waals surface area (Å²) in [5.41, 5.74) is 1.31. The molecule has 3 nitrogen and oxygen atoms in total. The fourth-order valence-corrected chi connectivity index (χ4v) is 1.84. The van der Waals surface area contributed by atoms with Gasteiger partial charge in [0, 0.05) is 26.3 Å². The van der Waals surface area contributed by atoms with E-state index in [0.717, 1.165) is 12.4 Å². The molecule has 76 valence electrons. The third-order valence-electron chi connectivity index (χ3n) is 2.69. The van der Waals surface area contributed by atoms with Crippen molar-refractivity contribution in [2.75, 3.05) is 25.5 Å². The second-order valence-electron chi connectivity index (χ2n) is 3.99. The molecule has 1 aromatic rings. The second kappa shape index (κ2) is 3.96. The predicted molar refractivity (Wildman–Crippen MR) is 58.5 cm³/mol. The minimum atomic E-state index is 0.527. The Morgan fingerprint density at radius 1 is 1.43 bits per heavy atom. The Hall–Kier alpha value is -1.09. The molecule has 0 amide bonds. The number of hydrogen-bond acceptors (Lipinski definition) is 3. The van der Waals surface area contributed by atoms with E-state index in [1.54, 1.807) is 0 Å². The Bertz CT molecular complexity index is 286. The Morgan fingerprint density at radius 2 is 2.29 bits per heavy atom. The van der Waals surface area contributed by atoms with Gasteiger partial charge in [0.2, 0.25) is 0 Å². The number of aromatic nitrogens is 1. The maximum absolute atomic E-state index is 4.41. The molecule has 1 aromatic heterocycles. The molecule has 0 aromatic carbocycles. The van der Waals surface area contributed by atoms with Crippen LogP contribution in [0.5, 0.6) is 0 Å². The lowest BCUT2D eigenvalue weighted by atomic mass is 10.1. The molecular formula is C11H17N3. The summed E-state index contributed by atoms with van der Waals surface area (Å²) in [6, 6.07) is 4.78. The maximum Gasteiger partial charge on any atom is 0.127 e. The average molecular weight is 191 g/mol. The molecule has 1 fully saturated rings. The molecule has 1 atom stereocenters. The van der Waals surface area contributed by atoms with E-state index in [1.165, 1.54) is 18.4 Å². The summed E-state index contributed by atoms with van der Waals surface area (Å²) in [5.74, 6) is 1.02. The lowest BCUT2D eigenvalue weighted by molar-refractivity contribution is 0.645. The van der Waals surface area contributed by atoms with Crippen LogP contribution in [0.15, 0.2) is 18.3 Å². The minimum absolute atomic E-state index is 0.527. The third-order valence-corrected chi connectivity index (χ3v) is 2.69. The Morgan fingerprint density at radius 3 is 2.79 bits per heavy atom. The first-order chi connectivity index (χ1) is 6.77. The van der Waals surface area contributed by atoms with Crippen molar-refractivity contribution in [3.63, 3.8) is 0 Å². The zero-order valence-electron chi connectivity index (χ0n) is 8.83. The zero-order valence-corrected chi connectivity index (χ0v) is 8.83. The molecular weight excluding hydrogens is 174 g/mol. The van der Waals surface area contributed by atoms with Crippen molar-refractivity contribution in [2.45, 2.75) is 18.9 Å². The molecule has 0 unspecified atom stereocenters. The van der Waals surface area contributed by atoms with Crippen LogP contribution in [-0.4, -0.2) is 25.6 Å². The van der Waals surface area contributed by atoms with Crippen molar-refractivity contribution in [2.24, 2.45) is 0 Å². The van der Waals surface area contributed by atoms with Crippen LogP contribution in [0.4, 0.5) is 5.82 Å². The van der Waals surface area contributed by atoms with Crippen molar-refractivity contribution in [1.29, 1.82) is 0 Å². The van der Waals surface area contributed by atoms with E-state index in [0.29, 0.717) is 6.04 Å². The van der Waals surface area contributed by atoms with Gasteiger partial charge in [-0.25, -0.2) is 4.98 Å². The van der Waals surface area contributed by atoms with Crippen LogP contribution in [0.3, 0.4) is 0 Å². The Balaban J connectivity index is 2.12. The molecule has 1 N–H and O–H groups in total. The van der Waals surface area contributed by atoms with Crippen LogP contribution in [0.1, 0.15) is 24.4 Å². The molecule has 0 bridgehead atoms. The summed E-state index contributed by atoms with van der Waals surface area (Å²) in [4.78, 5) is 6.43. The van der Waals surface area contributed by atoms with Crippen molar-refractivity contribution >= 4 is 5.82 Å². The van der Waals surface area contributed by atoms with Gasteiger partial charge in [-0.1, -0.05) is 6.07 Å². The van der Waals surface area contributed by atoms with Gasteiger partial charge < -0.3 is 10.2 Å². The molecule has 1 saturated heterocycles. The van der Waals surface area contributed by atoms with Crippen molar-refractivity contribution in [3.8, 4) is 0 Å². The Kier molecular flexibility index (Phi) is 2.68. The molecule has 14 heavy (non-hydrogen) atoms. The monoisotopic (exact) mass is 191 g/mol. The van der Waals surface area contributed by atoms with Crippen molar-refractivity contribution in [1.82, 2.24) is 10.3 Å². The van der Waals surface area contributed by atoms with Gasteiger partial charge in [0.25, 0.3) is 0 Å². The van der Waals surface area contributed by atoms with E-state index in [2.05, 4.69) is 22.4 Å². The number of anilines is 1. The number of hydrogen-bond donors (Lipinski definition) is 1. The number of nitrogens with zero attached hydrogens (tertiary/aromatic N) is 2. The summed E-state index contributed by atoms with van der Waals surface area (Å²) in [5, 5.41) is 3.47. The first-order valence-corrected chi connectivity index (χ1v) is 5.14. The molecule has 0 aliphatic carbocycles. The minimum Gasteiger partial charge on any atom is -0.363 e. The lowest BCUT2D eigenvalue weighted by Gasteiger charge is -2.14. The smallest absolute Gasteiger partial charge is 0.127 e. The molecule has 2 rings (SSSR count). The lowest BCUT2D eigenvalue weighted by Crippen LogP contribution is -2.14. The highest BCUT2D eigenvalue weighted by atomic mass is 15.1. The van der Waals surface area contributed by atoms with Gasteiger partial charge in [-0.3, -0.25) is 0 Å². The summed E-state index contributed by atoms with van der Waals surface area (Å²) in [6.45, 7) is 1.14. The summed E-state index contributed by atoms with van der Waals surface area (Å²) < 4.78 is 0. The van der Waals surface area contributed by atoms with Gasteiger partial charge in [0.05, 0.1) is 0 Å². The highest BCUT2D eigenvalue weighted by molar-refractivity contribution is 5.37. The maximum atomic E-state index is 4.41. The van der Waals surface area contributed by atoms with Gasteiger partial charge in [-0.2, -0.15) is 0 Å². The highest BCUT2D eigenvalue weighted by Gasteiger charge is 2.15. The molecule has 1 aliphatic heterocycles. The van der Waals surface area contributed by atoms with E-state index in [9.17, 15) is 0 Å². The van der Waals surface area contributed by atoms with Crippen LogP contribution >= 0.6 is 0 Å². The van der Waals surface area contributed by atoms with E-state index in [4.69, 9.17) is 0 Å². The number of rotatable bonds is 2. The molecule has 0 spiro atoms. The Labute approximate surface area is 85.1 Å². The van der Waals surface area contributed by atoms with Crippen LogP contribution < -0.4 is 10.2 Å². The molecule has 3 heteroatoms. The van der Waals surface area contributed by atoms with Crippen LogP contribution in [-0.2, 0) is 0 Å². The fraction of sp³-hybridized carbons (Fsp3) is 0.545. The number of pyridine rings is 1. The quantitative estimate of drug-likeness (QED) is 0.769. The first kappa shape index (κ1) is 9.46. The summed E-state index contributed by atoms with van der Waals surface area (Å²) in [6.07, 6.45) is 4.50. The van der Waals surface area contributed by atoms with Crippen molar-refractivity contribution in [3.05, 3.63) is 23.9 Å². The first-order valence-electron chi connectivity index (χ1n) is 5.14. The van der Waals surface area contributed by atoms with Crippen LogP contribution in [0, 0.1) is 0 Å². The highest BCUT2D eigenvalue weighted by Crippen LogP contribution is 2.23. The SMILES string of the molecule is CN(C)c1ccc([C@@H]2CCCN2)cn1. The van der Waals surface area contributed by atoms with Gasteiger partial charge in [0.1, 0.15) is 5.82 Å². The average Bonchev–Trinajstić information content (AvgIpc) is 2.71. The molecule has 2 heterocycles. The molecule has 0 saturated carbocycles. The fourth-order valence-electron chi connectivity index (χ4n) is 1.84. The van der Waals surface area contributed by atoms with Gasteiger partial charge >= 0.3 is 0 Å². The third kappa shape index (κ3) is 1.87. The summed E-state index contributed by atoms with van der Waals surface area (Å²) in [7, 11) is 4.02. The zero-order chi connectivity index (χ0) is 9.97. The largest absolute Gasteiger partial charge is 0.363 e. The number of nitrogens with one attached hydrogen (secondary N) is 1. The van der Waals surface area contributed by atoms with Crippen LogP contribution in [0.2, 0.25) is 0 Å². The normalized spacial score (nSPS) is 21.1. The van der Waals surface area contributed by atoms with E-state index >= 15 is 0 Å². The van der Waals surface area contributed by atoms with E-state index in [1.807, 2.05) is 25.2 Å². The van der Waals surface area contributed by atoms with E-state index in [-0.39, 0.29) is 0 Å². The topological polar surface area (TPSA) is 28.2 Å². The summed E-state index contributed by atoms with van der Waals surface area (Å²) >= 11 is 0. The molecule has 1 aliphatic rings. The van der Waals surface area contributed by atoms with E-state index < -0.39 is 0 Å².